The SMILES string of the molecule is O=[N+]([O-])C[C@@H](c1ccc2c(c1)OCO2)[C@@H]1CC2(CC[C@@H]1O)OCCO2. The maximum atomic E-state index is 11.3. The van der Waals surface area contributed by atoms with Gasteiger partial charge in [-0.1, -0.05) is 6.07 Å². The molecule has 0 aromatic heterocycles. The monoisotopic (exact) mass is 351 g/mol. The standard InChI is InChI=1S/C17H21NO7/c19-14-3-4-17(24-5-6-25-17)8-12(14)13(9-18(20)21)11-1-2-15-16(7-11)23-10-22-15/h1-2,7,12-14,19H,3-6,8-10H2/t12-,13-,14-/m0/s1. The molecule has 1 N–H and O–H groups in total. The third-order valence-corrected chi connectivity index (χ3v) is 5.36. The molecule has 3 atom stereocenters. The number of aliphatic hydroxyl groups is 1. The molecule has 8 nitrogen and oxygen atoms in total. The number of fused-ring (bicyclic) bond motifs is 1. The molecule has 0 unspecified atom stereocenters. The number of benzene rings is 1. The minimum Gasteiger partial charge on any atom is -0.454 e. The third-order valence-electron chi connectivity index (χ3n) is 5.36. The normalized spacial score (nSPS) is 28.2. The van der Waals surface area contributed by atoms with Crippen molar-refractivity contribution in [3.8, 4) is 11.5 Å². The van der Waals surface area contributed by atoms with Crippen LogP contribution in [0.1, 0.15) is 30.7 Å². The molecule has 1 saturated heterocycles. The molecule has 4 rings (SSSR count). The van der Waals surface area contributed by atoms with Crippen LogP contribution in [0.5, 0.6) is 11.5 Å². The Balaban J connectivity index is 1.64. The van der Waals surface area contributed by atoms with Gasteiger partial charge in [0.05, 0.1) is 25.2 Å². The predicted molar refractivity (Wildman–Crippen MR) is 85.2 cm³/mol. The van der Waals surface area contributed by atoms with Gasteiger partial charge in [-0.25, -0.2) is 0 Å². The van der Waals surface area contributed by atoms with Crippen LogP contribution in [0.4, 0.5) is 0 Å². The lowest BCUT2D eigenvalue weighted by molar-refractivity contribution is -0.486. The Bertz CT molecular complexity index is 658. The second kappa shape index (κ2) is 6.44. The molecule has 1 aromatic rings. The maximum Gasteiger partial charge on any atom is 0.231 e. The van der Waals surface area contributed by atoms with Gasteiger partial charge in [-0.15, -0.1) is 0 Å². The first-order valence-corrected chi connectivity index (χ1v) is 8.54. The lowest BCUT2D eigenvalue weighted by Crippen LogP contribution is -2.45. The number of nitro groups is 1. The van der Waals surface area contributed by atoms with E-state index in [9.17, 15) is 15.2 Å². The fourth-order valence-electron chi connectivity index (χ4n) is 4.14. The van der Waals surface area contributed by atoms with Crippen molar-refractivity contribution in [3.05, 3.63) is 33.9 Å². The highest BCUT2D eigenvalue weighted by Gasteiger charge is 2.48. The summed E-state index contributed by atoms with van der Waals surface area (Å²) in [7, 11) is 0. The molecule has 0 radical (unpaired) electrons. The summed E-state index contributed by atoms with van der Waals surface area (Å²) < 4.78 is 22.3. The molecule has 2 heterocycles. The first-order chi connectivity index (χ1) is 12.1. The highest BCUT2D eigenvalue weighted by atomic mass is 16.7. The summed E-state index contributed by atoms with van der Waals surface area (Å²) >= 11 is 0. The molecule has 0 amide bonds. The van der Waals surface area contributed by atoms with Crippen molar-refractivity contribution >= 4 is 0 Å². The molecule has 25 heavy (non-hydrogen) atoms. The average Bonchev–Trinajstić information content (AvgIpc) is 3.24. The van der Waals surface area contributed by atoms with Crippen LogP contribution in [0, 0.1) is 16.0 Å². The van der Waals surface area contributed by atoms with Gasteiger partial charge < -0.3 is 24.1 Å². The second-order valence-electron chi connectivity index (χ2n) is 6.82. The van der Waals surface area contributed by atoms with E-state index in [1.54, 1.807) is 12.1 Å². The number of hydrogen-bond acceptors (Lipinski definition) is 7. The van der Waals surface area contributed by atoms with Gasteiger partial charge in [0.25, 0.3) is 0 Å². The molecule has 136 valence electrons. The smallest absolute Gasteiger partial charge is 0.231 e. The van der Waals surface area contributed by atoms with Gasteiger partial charge >= 0.3 is 0 Å². The van der Waals surface area contributed by atoms with Gasteiger partial charge in [0.15, 0.2) is 17.3 Å². The Morgan fingerprint density at radius 3 is 2.80 bits per heavy atom. The minimum atomic E-state index is -0.713. The van der Waals surface area contributed by atoms with Crippen molar-refractivity contribution in [2.45, 2.75) is 37.1 Å². The van der Waals surface area contributed by atoms with E-state index in [-0.39, 0.29) is 24.2 Å². The molecule has 1 saturated carbocycles. The van der Waals surface area contributed by atoms with Crippen molar-refractivity contribution in [2.24, 2.45) is 5.92 Å². The van der Waals surface area contributed by atoms with Gasteiger partial charge in [0.1, 0.15) is 0 Å². The first-order valence-electron chi connectivity index (χ1n) is 8.54. The Hall–Kier alpha value is -1.90. The molecule has 1 aromatic carbocycles. The Morgan fingerprint density at radius 1 is 1.28 bits per heavy atom. The number of ether oxygens (including phenoxy) is 4. The first kappa shape index (κ1) is 16.6. The largest absolute Gasteiger partial charge is 0.454 e. The van der Waals surface area contributed by atoms with Crippen molar-refractivity contribution in [1.29, 1.82) is 0 Å². The molecule has 1 spiro atoms. The zero-order chi connectivity index (χ0) is 17.4. The van der Waals surface area contributed by atoms with E-state index in [4.69, 9.17) is 18.9 Å². The summed E-state index contributed by atoms with van der Waals surface area (Å²) in [5.74, 6) is -0.275. The predicted octanol–water partition coefficient (Wildman–Crippen LogP) is 1.68. The van der Waals surface area contributed by atoms with E-state index in [1.165, 1.54) is 0 Å². The molecule has 3 aliphatic rings. The van der Waals surface area contributed by atoms with Gasteiger partial charge in [0.2, 0.25) is 13.3 Å². The lowest BCUT2D eigenvalue weighted by Gasteiger charge is -2.41. The van der Waals surface area contributed by atoms with Crippen molar-refractivity contribution in [2.75, 3.05) is 26.6 Å². The summed E-state index contributed by atoms with van der Waals surface area (Å²) in [6, 6.07) is 5.35. The third kappa shape index (κ3) is 3.17. The van der Waals surface area contributed by atoms with Crippen molar-refractivity contribution < 1.29 is 29.0 Å². The van der Waals surface area contributed by atoms with E-state index < -0.39 is 17.8 Å². The molecule has 2 fully saturated rings. The topological polar surface area (TPSA) is 100 Å². The zero-order valence-corrected chi connectivity index (χ0v) is 13.8. The van der Waals surface area contributed by atoms with Crippen LogP contribution in [-0.2, 0) is 9.47 Å². The maximum absolute atomic E-state index is 11.3. The van der Waals surface area contributed by atoms with E-state index in [2.05, 4.69) is 0 Å². The number of hydrogen-bond donors (Lipinski definition) is 1. The number of rotatable bonds is 4. The van der Waals surface area contributed by atoms with Gasteiger partial charge in [-0.2, -0.15) is 0 Å². The van der Waals surface area contributed by atoms with Gasteiger partial charge in [-0.3, -0.25) is 10.1 Å². The van der Waals surface area contributed by atoms with Crippen LogP contribution in [-0.4, -0.2) is 48.5 Å². The Labute approximate surface area is 144 Å². The molecule has 1 aliphatic carbocycles. The fraction of sp³-hybridized carbons (Fsp3) is 0.647. The van der Waals surface area contributed by atoms with Crippen molar-refractivity contribution in [3.63, 3.8) is 0 Å². The van der Waals surface area contributed by atoms with Crippen LogP contribution in [0.2, 0.25) is 0 Å². The number of aliphatic hydroxyl groups excluding tert-OH is 1. The summed E-state index contributed by atoms with van der Waals surface area (Å²) in [4.78, 5) is 11.0. The van der Waals surface area contributed by atoms with Crippen molar-refractivity contribution in [1.82, 2.24) is 0 Å². The van der Waals surface area contributed by atoms with E-state index in [0.29, 0.717) is 44.0 Å². The quantitative estimate of drug-likeness (QED) is 0.650. The number of nitrogens with zero attached hydrogens (tertiary/aromatic N) is 1. The summed E-state index contributed by atoms with van der Waals surface area (Å²) in [6.07, 6.45) is 0.926. The molecule has 8 heteroatoms. The lowest BCUT2D eigenvalue weighted by atomic mass is 9.72. The summed E-state index contributed by atoms with van der Waals surface area (Å²) in [5, 5.41) is 21.8. The van der Waals surface area contributed by atoms with E-state index >= 15 is 0 Å². The van der Waals surface area contributed by atoms with Crippen LogP contribution in [0.3, 0.4) is 0 Å². The van der Waals surface area contributed by atoms with Crippen LogP contribution >= 0.6 is 0 Å². The van der Waals surface area contributed by atoms with Gasteiger partial charge in [0, 0.05) is 23.7 Å². The Kier molecular flexibility index (Phi) is 4.26. The molecule has 2 aliphatic heterocycles. The van der Waals surface area contributed by atoms with Crippen LogP contribution in [0.15, 0.2) is 18.2 Å². The van der Waals surface area contributed by atoms with Crippen LogP contribution in [0.25, 0.3) is 0 Å². The highest BCUT2D eigenvalue weighted by molar-refractivity contribution is 5.45. The van der Waals surface area contributed by atoms with Gasteiger partial charge in [-0.05, 0) is 24.1 Å². The zero-order valence-electron chi connectivity index (χ0n) is 13.8. The highest BCUT2D eigenvalue weighted by Crippen LogP contribution is 2.46. The summed E-state index contributed by atoms with van der Waals surface area (Å²) in [6.45, 7) is 0.923. The molecule has 0 bridgehead atoms. The average molecular weight is 351 g/mol. The minimum absolute atomic E-state index is 0.148. The van der Waals surface area contributed by atoms with E-state index in [1.807, 2.05) is 6.07 Å². The van der Waals surface area contributed by atoms with Crippen LogP contribution < -0.4 is 9.47 Å². The van der Waals surface area contributed by atoms with E-state index in [0.717, 1.165) is 5.56 Å². The second-order valence-corrected chi connectivity index (χ2v) is 6.82. The molecular formula is C17H21NO7. The fourth-order valence-corrected chi connectivity index (χ4v) is 4.14. The molecular weight excluding hydrogens is 330 g/mol. The summed E-state index contributed by atoms with van der Waals surface area (Å²) in [5.41, 5.74) is 0.764. The Morgan fingerprint density at radius 2 is 2.04 bits per heavy atom.